The highest BCUT2D eigenvalue weighted by atomic mass is 35.5. The fraction of sp³-hybridized carbons (Fsp3) is 0.375. The van der Waals surface area contributed by atoms with Crippen molar-refractivity contribution in [3.63, 3.8) is 0 Å². The fourth-order valence-corrected chi connectivity index (χ4v) is 3.82. The van der Waals surface area contributed by atoms with Gasteiger partial charge in [0.25, 0.3) is 15.9 Å². The van der Waals surface area contributed by atoms with Crippen LogP contribution in [0.15, 0.2) is 29.2 Å². The van der Waals surface area contributed by atoms with E-state index in [2.05, 4.69) is 10.5 Å². The van der Waals surface area contributed by atoms with Gasteiger partial charge in [-0.05, 0) is 45.0 Å². The molecule has 27 heavy (non-hydrogen) atoms. The van der Waals surface area contributed by atoms with Gasteiger partial charge in [-0.3, -0.25) is 14.9 Å². The zero-order valence-corrected chi connectivity index (χ0v) is 16.9. The second-order valence-electron chi connectivity index (χ2n) is 5.59. The minimum Gasteiger partial charge on any atom is -0.494 e. The Hall–Kier alpha value is -2.30. The molecule has 1 amide bonds. The minimum absolute atomic E-state index is 0.0621. The van der Waals surface area contributed by atoms with Crippen LogP contribution in [0, 0.1) is 6.92 Å². The Balaban J connectivity index is 1.98. The van der Waals surface area contributed by atoms with E-state index in [-0.39, 0.29) is 15.7 Å². The van der Waals surface area contributed by atoms with Gasteiger partial charge in [0.1, 0.15) is 21.5 Å². The topological polar surface area (TPSA) is 112 Å². The summed E-state index contributed by atoms with van der Waals surface area (Å²) in [6, 6.07) is 6.72. The molecule has 0 spiro atoms. The molecule has 11 heteroatoms. The maximum Gasteiger partial charge on any atom is 0.275 e. The van der Waals surface area contributed by atoms with Crippen molar-refractivity contribution in [1.29, 1.82) is 0 Å². The van der Waals surface area contributed by atoms with Gasteiger partial charge in [-0.15, -0.1) is 4.83 Å². The first-order chi connectivity index (χ1) is 12.7. The molecule has 9 nitrogen and oxygen atoms in total. The summed E-state index contributed by atoms with van der Waals surface area (Å²) in [5, 5.41) is 3.87. The molecule has 0 aliphatic carbocycles. The molecule has 0 fully saturated rings. The van der Waals surface area contributed by atoms with Crippen LogP contribution in [0.2, 0.25) is 5.15 Å². The van der Waals surface area contributed by atoms with E-state index >= 15 is 0 Å². The molecule has 1 aromatic heterocycles. The Morgan fingerprint density at radius 3 is 2.41 bits per heavy atom. The quantitative estimate of drug-likeness (QED) is 0.631. The third-order valence-electron chi connectivity index (χ3n) is 3.49. The van der Waals surface area contributed by atoms with Gasteiger partial charge in [0.15, 0.2) is 6.10 Å². The Morgan fingerprint density at radius 2 is 1.89 bits per heavy atom. The highest BCUT2D eigenvalue weighted by Gasteiger charge is 2.26. The van der Waals surface area contributed by atoms with Gasteiger partial charge in [-0.1, -0.05) is 11.6 Å². The number of rotatable bonds is 8. The molecule has 2 N–H and O–H groups in total. The molecule has 148 valence electrons. The van der Waals surface area contributed by atoms with Gasteiger partial charge in [-0.2, -0.15) is 5.10 Å². The predicted molar refractivity (Wildman–Crippen MR) is 99.1 cm³/mol. The maximum atomic E-state index is 12.4. The highest BCUT2D eigenvalue weighted by molar-refractivity contribution is 7.89. The Morgan fingerprint density at radius 1 is 1.30 bits per heavy atom. The number of hydrazine groups is 1. The van der Waals surface area contributed by atoms with Gasteiger partial charge >= 0.3 is 0 Å². The lowest BCUT2D eigenvalue weighted by Crippen LogP contribution is -2.47. The molecule has 0 radical (unpaired) electrons. The summed E-state index contributed by atoms with van der Waals surface area (Å²) >= 11 is 5.95. The molecular formula is C16H21ClN4O5S. The lowest BCUT2D eigenvalue weighted by Gasteiger charge is -2.15. The SMILES string of the molecule is CCOc1ccc(OC(C)C(=O)NNS(=O)(=O)c2c(C)nn(C)c2Cl)cc1. The van der Waals surface area contributed by atoms with E-state index in [0.717, 1.165) is 0 Å². The number of aryl methyl sites for hydroxylation is 2. The van der Waals surface area contributed by atoms with Crippen LogP contribution in [-0.4, -0.2) is 36.8 Å². The van der Waals surface area contributed by atoms with E-state index in [9.17, 15) is 13.2 Å². The van der Waals surface area contributed by atoms with E-state index in [1.54, 1.807) is 24.3 Å². The number of benzene rings is 1. The summed E-state index contributed by atoms with van der Waals surface area (Å²) in [7, 11) is -2.57. The van der Waals surface area contributed by atoms with Crippen LogP contribution in [-0.2, 0) is 21.9 Å². The van der Waals surface area contributed by atoms with Gasteiger partial charge < -0.3 is 9.47 Å². The molecule has 2 aromatic rings. The van der Waals surface area contributed by atoms with Crippen molar-refractivity contribution in [2.24, 2.45) is 7.05 Å². The molecule has 0 saturated carbocycles. The van der Waals surface area contributed by atoms with Crippen molar-refractivity contribution < 1.29 is 22.7 Å². The molecule has 1 aromatic carbocycles. The maximum absolute atomic E-state index is 12.4. The van der Waals surface area contributed by atoms with Gasteiger partial charge in [-0.25, -0.2) is 8.42 Å². The molecule has 0 aliphatic heterocycles. The van der Waals surface area contributed by atoms with Crippen molar-refractivity contribution in [2.75, 3.05) is 6.61 Å². The van der Waals surface area contributed by atoms with Crippen molar-refractivity contribution >= 4 is 27.5 Å². The summed E-state index contributed by atoms with van der Waals surface area (Å²) in [6.07, 6.45) is -0.948. The normalized spacial score (nSPS) is 12.5. The number of hydrogen-bond donors (Lipinski definition) is 2. The largest absolute Gasteiger partial charge is 0.494 e. The lowest BCUT2D eigenvalue weighted by atomic mass is 10.3. The summed E-state index contributed by atoms with van der Waals surface area (Å²) in [6.45, 7) is 5.40. The number of amides is 1. The average Bonchev–Trinajstić information content (AvgIpc) is 2.87. The number of halogens is 1. The van der Waals surface area contributed by atoms with Crippen molar-refractivity contribution in [3.8, 4) is 11.5 Å². The van der Waals surface area contributed by atoms with Gasteiger partial charge in [0, 0.05) is 7.05 Å². The van der Waals surface area contributed by atoms with E-state index < -0.39 is 22.0 Å². The molecule has 1 unspecified atom stereocenters. The summed E-state index contributed by atoms with van der Waals surface area (Å²) in [4.78, 5) is 13.9. The zero-order chi connectivity index (χ0) is 20.2. The number of sulfonamides is 1. The number of nitrogens with one attached hydrogen (secondary N) is 2. The number of carbonyl (C=O) groups is 1. The Kier molecular flexibility index (Phi) is 6.68. The third-order valence-corrected chi connectivity index (χ3v) is 5.44. The van der Waals surface area contributed by atoms with Gasteiger partial charge in [0.05, 0.1) is 12.3 Å². The smallest absolute Gasteiger partial charge is 0.275 e. The van der Waals surface area contributed by atoms with Crippen molar-refractivity contribution in [3.05, 3.63) is 35.1 Å². The molecule has 2 rings (SSSR count). The van der Waals surface area contributed by atoms with Crippen LogP contribution in [0.5, 0.6) is 11.5 Å². The van der Waals surface area contributed by atoms with Crippen molar-refractivity contribution in [2.45, 2.75) is 31.8 Å². The summed E-state index contributed by atoms with van der Waals surface area (Å²) in [5.74, 6) is 0.443. The summed E-state index contributed by atoms with van der Waals surface area (Å²) < 4.78 is 36.7. The molecule has 1 heterocycles. The van der Waals surface area contributed by atoms with Crippen LogP contribution in [0.1, 0.15) is 19.5 Å². The Bertz CT molecular complexity index is 912. The number of ether oxygens (including phenoxy) is 2. The minimum atomic E-state index is -4.08. The lowest BCUT2D eigenvalue weighted by molar-refractivity contribution is -0.127. The first-order valence-electron chi connectivity index (χ1n) is 8.06. The predicted octanol–water partition coefficient (Wildman–Crippen LogP) is 1.56. The fourth-order valence-electron chi connectivity index (χ4n) is 2.22. The first kappa shape index (κ1) is 21.0. The average molecular weight is 417 g/mol. The van der Waals surface area contributed by atoms with E-state index in [4.69, 9.17) is 21.1 Å². The van der Waals surface area contributed by atoms with Crippen LogP contribution >= 0.6 is 11.6 Å². The van der Waals surface area contributed by atoms with Crippen LogP contribution in [0.4, 0.5) is 0 Å². The Labute approximate surface area is 162 Å². The number of hydrogen-bond acceptors (Lipinski definition) is 6. The second-order valence-corrected chi connectivity index (χ2v) is 7.57. The number of carbonyl (C=O) groups excluding carboxylic acids is 1. The molecule has 0 bridgehead atoms. The zero-order valence-electron chi connectivity index (χ0n) is 15.3. The van der Waals surface area contributed by atoms with Gasteiger partial charge in [0.2, 0.25) is 0 Å². The van der Waals surface area contributed by atoms with Crippen LogP contribution in [0.3, 0.4) is 0 Å². The molecule has 1 atom stereocenters. The molecular weight excluding hydrogens is 396 g/mol. The van der Waals surface area contributed by atoms with E-state index in [1.807, 2.05) is 11.8 Å². The molecule has 0 saturated heterocycles. The number of nitrogens with zero attached hydrogens (tertiary/aromatic N) is 2. The van der Waals surface area contributed by atoms with Crippen molar-refractivity contribution in [1.82, 2.24) is 20.0 Å². The van der Waals surface area contributed by atoms with Crippen LogP contribution < -0.4 is 19.7 Å². The van der Waals surface area contributed by atoms with Crippen LogP contribution in [0.25, 0.3) is 0 Å². The van der Waals surface area contributed by atoms with E-state index in [1.165, 1.54) is 25.6 Å². The monoisotopic (exact) mass is 416 g/mol. The first-order valence-corrected chi connectivity index (χ1v) is 9.92. The number of aromatic nitrogens is 2. The molecule has 0 aliphatic rings. The van der Waals surface area contributed by atoms with E-state index in [0.29, 0.717) is 18.1 Å². The third kappa shape index (κ3) is 5.12. The standard InChI is InChI=1S/C16H21ClN4O5S/c1-5-25-12-6-8-13(9-7-12)26-11(3)16(22)18-20-27(23,24)14-10(2)19-21(4)15(14)17/h6-9,11,20H,5H2,1-4H3,(H,18,22). The highest BCUT2D eigenvalue weighted by Crippen LogP contribution is 2.23. The second kappa shape index (κ2) is 8.59. The summed E-state index contributed by atoms with van der Waals surface area (Å²) in [5.41, 5.74) is 2.33.